The van der Waals surface area contributed by atoms with E-state index in [4.69, 9.17) is 9.47 Å². The smallest absolute Gasteiger partial charge is 0.311 e. The third-order valence-corrected chi connectivity index (χ3v) is 4.32. The Morgan fingerprint density at radius 2 is 1.12 bits per heavy atom. The zero-order valence-corrected chi connectivity index (χ0v) is 15.2. The minimum Gasteiger partial charge on any atom is -0.426 e. The molecule has 0 amide bonds. The quantitative estimate of drug-likeness (QED) is 0.569. The summed E-state index contributed by atoms with van der Waals surface area (Å²) in [4.78, 5) is 23.9. The van der Waals surface area contributed by atoms with Crippen molar-refractivity contribution in [2.24, 2.45) is 0 Å². The molecule has 0 saturated heterocycles. The summed E-state index contributed by atoms with van der Waals surface area (Å²) in [6, 6.07) is 11.2. The zero-order valence-electron chi connectivity index (χ0n) is 15.2. The molecule has 0 saturated carbocycles. The van der Waals surface area contributed by atoms with Crippen molar-refractivity contribution in [2.75, 3.05) is 0 Å². The number of hydrogen-bond donors (Lipinski definition) is 0. The van der Waals surface area contributed by atoms with E-state index in [2.05, 4.69) is 0 Å². The molecule has 0 atom stereocenters. The van der Waals surface area contributed by atoms with Crippen LogP contribution in [0.25, 0.3) is 0 Å². The molecule has 0 fully saturated rings. The monoisotopic (exact) mass is 340 g/mol. The Kier molecular flexibility index (Phi) is 6.34. The van der Waals surface area contributed by atoms with E-state index in [9.17, 15) is 9.59 Å². The molecule has 25 heavy (non-hydrogen) atoms. The molecule has 2 aromatic rings. The first-order valence-electron chi connectivity index (χ1n) is 8.42. The highest BCUT2D eigenvalue weighted by atomic mass is 16.5. The van der Waals surface area contributed by atoms with E-state index in [1.165, 1.54) is 0 Å². The van der Waals surface area contributed by atoms with Gasteiger partial charge >= 0.3 is 11.9 Å². The topological polar surface area (TPSA) is 52.6 Å². The SMILES string of the molecule is Cc1cccc(OC(=O)CCCC(=O)Oc2cccc(C)c2C)c1C. The van der Waals surface area contributed by atoms with Crippen LogP contribution < -0.4 is 9.47 Å². The maximum absolute atomic E-state index is 11.9. The third kappa shape index (κ3) is 5.18. The Morgan fingerprint density at radius 1 is 0.720 bits per heavy atom. The molecule has 0 radical (unpaired) electrons. The highest BCUT2D eigenvalue weighted by molar-refractivity contribution is 5.76. The van der Waals surface area contributed by atoms with Crippen molar-refractivity contribution in [1.29, 1.82) is 0 Å². The van der Waals surface area contributed by atoms with Gasteiger partial charge in [-0.1, -0.05) is 24.3 Å². The first kappa shape index (κ1) is 18.7. The van der Waals surface area contributed by atoms with Gasteiger partial charge in [-0.05, 0) is 68.5 Å². The maximum atomic E-state index is 11.9. The molecular weight excluding hydrogens is 316 g/mol. The zero-order chi connectivity index (χ0) is 18.4. The molecule has 2 aromatic carbocycles. The number of esters is 2. The predicted octanol–water partition coefficient (Wildman–Crippen LogP) is 4.60. The number of benzene rings is 2. The lowest BCUT2D eigenvalue weighted by atomic mass is 10.1. The van der Waals surface area contributed by atoms with E-state index >= 15 is 0 Å². The summed E-state index contributed by atoms with van der Waals surface area (Å²) in [5, 5.41) is 0. The summed E-state index contributed by atoms with van der Waals surface area (Å²) < 4.78 is 10.7. The van der Waals surface area contributed by atoms with Gasteiger partial charge in [0.15, 0.2) is 0 Å². The van der Waals surface area contributed by atoms with Gasteiger partial charge in [-0.2, -0.15) is 0 Å². The first-order valence-corrected chi connectivity index (χ1v) is 8.42. The van der Waals surface area contributed by atoms with Gasteiger partial charge in [0.1, 0.15) is 11.5 Å². The van der Waals surface area contributed by atoms with Crippen molar-refractivity contribution in [1.82, 2.24) is 0 Å². The summed E-state index contributed by atoms with van der Waals surface area (Å²) in [7, 11) is 0. The van der Waals surface area contributed by atoms with Crippen LogP contribution in [0.4, 0.5) is 0 Å². The number of rotatable bonds is 6. The Labute approximate surface area is 148 Å². The molecule has 0 spiro atoms. The Hall–Kier alpha value is -2.62. The van der Waals surface area contributed by atoms with Crippen LogP contribution in [0.1, 0.15) is 41.5 Å². The lowest BCUT2D eigenvalue weighted by Gasteiger charge is -2.10. The fourth-order valence-electron chi connectivity index (χ4n) is 2.39. The van der Waals surface area contributed by atoms with Gasteiger partial charge in [-0.15, -0.1) is 0 Å². The standard InChI is InChI=1S/C21H24O4/c1-14-8-5-10-18(16(14)3)24-20(22)12-7-13-21(23)25-19-11-6-9-15(2)17(19)4/h5-6,8-11H,7,12-13H2,1-4H3. The van der Waals surface area contributed by atoms with Crippen molar-refractivity contribution in [3.05, 3.63) is 58.7 Å². The average Bonchev–Trinajstić information content (AvgIpc) is 2.56. The van der Waals surface area contributed by atoms with Crippen molar-refractivity contribution in [3.63, 3.8) is 0 Å². The molecular formula is C21H24O4. The molecule has 0 aliphatic rings. The first-order chi connectivity index (χ1) is 11.9. The van der Waals surface area contributed by atoms with Crippen molar-refractivity contribution < 1.29 is 19.1 Å². The average molecular weight is 340 g/mol. The van der Waals surface area contributed by atoms with Gasteiger partial charge < -0.3 is 9.47 Å². The van der Waals surface area contributed by atoms with Crippen LogP contribution in [0, 0.1) is 27.7 Å². The molecule has 132 valence electrons. The molecule has 0 N–H and O–H groups in total. The second-order valence-electron chi connectivity index (χ2n) is 6.20. The highest BCUT2D eigenvalue weighted by Crippen LogP contribution is 2.22. The molecule has 4 heteroatoms. The van der Waals surface area contributed by atoms with E-state index < -0.39 is 0 Å². The minimum absolute atomic E-state index is 0.176. The summed E-state index contributed by atoms with van der Waals surface area (Å²) in [6.45, 7) is 7.77. The number of carbonyl (C=O) groups is 2. The number of carbonyl (C=O) groups excluding carboxylic acids is 2. The van der Waals surface area contributed by atoms with Crippen LogP contribution in [0.2, 0.25) is 0 Å². The van der Waals surface area contributed by atoms with E-state index in [0.717, 1.165) is 22.3 Å². The second kappa shape index (κ2) is 8.47. The van der Waals surface area contributed by atoms with Crippen molar-refractivity contribution in [2.45, 2.75) is 47.0 Å². The van der Waals surface area contributed by atoms with E-state index in [1.807, 2.05) is 52.0 Å². The molecule has 0 bridgehead atoms. The molecule has 0 aliphatic carbocycles. The number of ether oxygens (including phenoxy) is 2. The molecule has 0 aliphatic heterocycles. The highest BCUT2D eigenvalue weighted by Gasteiger charge is 2.12. The lowest BCUT2D eigenvalue weighted by Crippen LogP contribution is -2.12. The van der Waals surface area contributed by atoms with E-state index in [0.29, 0.717) is 17.9 Å². The number of hydrogen-bond acceptors (Lipinski definition) is 4. The van der Waals surface area contributed by atoms with Gasteiger partial charge in [0.25, 0.3) is 0 Å². The maximum Gasteiger partial charge on any atom is 0.311 e. The number of aryl methyl sites for hydroxylation is 2. The van der Waals surface area contributed by atoms with Gasteiger partial charge in [0, 0.05) is 12.8 Å². The molecule has 4 nitrogen and oxygen atoms in total. The fraction of sp³-hybridized carbons (Fsp3) is 0.333. The fourth-order valence-corrected chi connectivity index (χ4v) is 2.39. The van der Waals surface area contributed by atoms with Crippen LogP contribution in [-0.4, -0.2) is 11.9 Å². The summed E-state index contributed by atoms with van der Waals surface area (Å²) in [5.41, 5.74) is 4.04. The molecule has 0 unspecified atom stereocenters. The molecule has 0 aromatic heterocycles. The van der Waals surface area contributed by atoms with Gasteiger partial charge in [-0.3, -0.25) is 9.59 Å². The summed E-state index contributed by atoms with van der Waals surface area (Å²) >= 11 is 0. The van der Waals surface area contributed by atoms with Crippen LogP contribution in [0.5, 0.6) is 11.5 Å². The van der Waals surface area contributed by atoms with Gasteiger partial charge in [-0.25, -0.2) is 0 Å². The normalized spacial score (nSPS) is 10.4. The largest absolute Gasteiger partial charge is 0.426 e. The Bertz CT molecular complexity index is 712. The summed E-state index contributed by atoms with van der Waals surface area (Å²) in [5.74, 6) is 0.465. The Morgan fingerprint density at radius 3 is 1.52 bits per heavy atom. The van der Waals surface area contributed by atoms with Crippen molar-refractivity contribution >= 4 is 11.9 Å². The van der Waals surface area contributed by atoms with Gasteiger partial charge in [0.05, 0.1) is 0 Å². The molecule has 0 heterocycles. The predicted molar refractivity (Wildman–Crippen MR) is 97.0 cm³/mol. The van der Waals surface area contributed by atoms with Crippen LogP contribution in [0.15, 0.2) is 36.4 Å². The van der Waals surface area contributed by atoms with Crippen LogP contribution in [-0.2, 0) is 9.59 Å². The van der Waals surface area contributed by atoms with Gasteiger partial charge in [0.2, 0.25) is 0 Å². The summed E-state index contributed by atoms with van der Waals surface area (Å²) in [6.07, 6.45) is 0.748. The van der Waals surface area contributed by atoms with Crippen LogP contribution in [0.3, 0.4) is 0 Å². The Balaban J connectivity index is 1.80. The van der Waals surface area contributed by atoms with E-state index in [-0.39, 0.29) is 24.8 Å². The molecule has 2 rings (SSSR count). The lowest BCUT2D eigenvalue weighted by molar-refractivity contribution is -0.136. The van der Waals surface area contributed by atoms with Crippen LogP contribution >= 0.6 is 0 Å². The third-order valence-electron chi connectivity index (χ3n) is 4.32. The minimum atomic E-state index is -0.340. The van der Waals surface area contributed by atoms with E-state index in [1.54, 1.807) is 12.1 Å². The van der Waals surface area contributed by atoms with Crippen molar-refractivity contribution in [3.8, 4) is 11.5 Å². The second-order valence-corrected chi connectivity index (χ2v) is 6.20.